The fourth-order valence-corrected chi connectivity index (χ4v) is 4.49. The van der Waals surface area contributed by atoms with Gasteiger partial charge in [-0.25, -0.2) is 0 Å². The molecule has 1 N–H and O–H groups in total. The maximum atomic E-state index is 13.0. The molecule has 2 fully saturated rings. The SMILES string of the molecule is C[C@H](CC1CCCCC1)C(=O)[C@@H]1C(=O)NCC1Cc1ccccc1. The first-order valence-corrected chi connectivity index (χ1v) is 9.50. The van der Waals surface area contributed by atoms with Crippen LogP contribution in [0.1, 0.15) is 51.0 Å². The van der Waals surface area contributed by atoms with Crippen LogP contribution >= 0.6 is 0 Å². The van der Waals surface area contributed by atoms with Gasteiger partial charge in [-0.15, -0.1) is 0 Å². The maximum Gasteiger partial charge on any atom is 0.230 e. The van der Waals surface area contributed by atoms with Crippen LogP contribution in [-0.4, -0.2) is 18.2 Å². The minimum atomic E-state index is -0.455. The number of carbonyl (C=O) groups excluding carboxylic acids is 2. The van der Waals surface area contributed by atoms with E-state index in [1.165, 1.54) is 37.7 Å². The van der Waals surface area contributed by atoms with Crippen molar-refractivity contribution in [3.05, 3.63) is 35.9 Å². The Morgan fingerprint density at radius 3 is 2.58 bits per heavy atom. The van der Waals surface area contributed by atoms with Gasteiger partial charge in [-0.2, -0.15) is 0 Å². The highest BCUT2D eigenvalue weighted by molar-refractivity contribution is 6.04. The summed E-state index contributed by atoms with van der Waals surface area (Å²) in [5.74, 6) is 0.424. The van der Waals surface area contributed by atoms with Crippen molar-refractivity contribution in [1.82, 2.24) is 5.32 Å². The predicted octanol–water partition coefficient (Wildman–Crippen LogP) is 3.77. The zero-order valence-electron chi connectivity index (χ0n) is 14.7. The zero-order valence-corrected chi connectivity index (χ0v) is 14.7. The molecule has 0 spiro atoms. The molecular formula is C21H29NO2. The molecule has 0 radical (unpaired) electrons. The second-order valence-corrected chi connectivity index (χ2v) is 7.72. The van der Waals surface area contributed by atoms with E-state index >= 15 is 0 Å². The van der Waals surface area contributed by atoms with E-state index in [-0.39, 0.29) is 23.5 Å². The topological polar surface area (TPSA) is 46.2 Å². The number of Topliss-reactive ketones (excluding diaryl/α,β-unsaturated/α-hetero) is 1. The normalized spacial score (nSPS) is 26.1. The molecule has 2 aliphatic rings. The molecule has 130 valence electrons. The molecule has 1 unspecified atom stereocenters. The number of rotatable bonds is 6. The van der Waals surface area contributed by atoms with Crippen molar-refractivity contribution in [2.45, 2.75) is 51.9 Å². The second kappa shape index (κ2) is 7.96. The van der Waals surface area contributed by atoms with Crippen molar-refractivity contribution in [3.63, 3.8) is 0 Å². The third kappa shape index (κ3) is 4.06. The average molecular weight is 327 g/mol. The fourth-order valence-electron chi connectivity index (χ4n) is 4.49. The van der Waals surface area contributed by atoms with Crippen LogP contribution in [0, 0.1) is 23.7 Å². The first kappa shape index (κ1) is 17.2. The molecule has 1 aliphatic carbocycles. The average Bonchev–Trinajstić information content (AvgIpc) is 2.96. The first-order chi connectivity index (χ1) is 11.6. The summed E-state index contributed by atoms with van der Waals surface area (Å²) in [6.07, 6.45) is 8.19. The van der Waals surface area contributed by atoms with E-state index in [0.717, 1.165) is 12.8 Å². The summed E-state index contributed by atoms with van der Waals surface area (Å²) < 4.78 is 0. The van der Waals surface area contributed by atoms with Gasteiger partial charge in [0.15, 0.2) is 0 Å². The Hall–Kier alpha value is -1.64. The number of nitrogens with one attached hydrogen (secondary N) is 1. The van der Waals surface area contributed by atoms with E-state index < -0.39 is 5.92 Å². The van der Waals surface area contributed by atoms with E-state index in [2.05, 4.69) is 17.4 Å². The predicted molar refractivity (Wildman–Crippen MR) is 95.5 cm³/mol. The summed E-state index contributed by atoms with van der Waals surface area (Å²) in [6, 6.07) is 10.2. The molecule has 0 aromatic heterocycles. The van der Waals surface area contributed by atoms with Crippen molar-refractivity contribution in [1.29, 1.82) is 0 Å². The lowest BCUT2D eigenvalue weighted by Gasteiger charge is -2.26. The second-order valence-electron chi connectivity index (χ2n) is 7.72. The van der Waals surface area contributed by atoms with E-state index in [4.69, 9.17) is 0 Å². The summed E-state index contributed by atoms with van der Waals surface area (Å²) in [6.45, 7) is 2.66. The molecule has 1 aliphatic heterocycles. The molecule has 3 nitrogen and oxygen atoms in total. The number of hydrogen-bond donors (Lipinski definition) is 1. The van der Waals surface area contributed by atoms with Crippen LogP contribution in [0.3, 0.4) is 0 Å². The van der Waals surface area contributed by atoms with Gasteiger partial charge >= 0.3 is 0 Å². The minimum absolute atomic E-state index is 0.000207. The Kier molecular flexibility index (Phi) is 5.70. The van der Waals surface area contributed by atoms with Crippen LogP contribution in [0.25, 0.3) is 0 Å². The summed E-state index contributed by atoms with van der Waals surface area (Å²) in [7, 11) is 0. The summed E-state index contributed by atoms with van der Waals surface area (Å²) >= 11 is 0. The highest BCUT2D eigenvalue weighted by Crippen LogP contribution is 2.32. The van der Waals surface area contributed by atoms with Gasteiger partial charge < -0.3 is 5.32 Å². The molecule has 1 saturated heterocycles. The first-order valence-electron chi connectivity index (χ1n) is 9.50. The highest BCUT2D eigenvalue weighted by atomic mass is 16.2. The molecule has 1 aromatic carbocycles. The summed E-state index contributed by atoms with van der Waals surface area (Å²) in [5.41, 5.74) is 1.21. The molecule has 24 heavy (non-hydrogen) atoms. The van der Waals surface area contributed by atoms with Crippen molar-refractivity contribution in [2.24, 2.45) is 23.7 Å². The van der Waals surface area contributed by atoms with E-state index in [1.54, 1.807) is 0 Å². The molecule has 3 rings (SSSR count). The monoisotopic (exact) mass is 327 g/mol. The number of ketones is 1. The largest absolute Gasteiger partial charge is 0.355 e. The Morgan fingerprint density at radius 1 is 1.17 bits per heavy atom. The lowest BCUT2D eigenvalue weighted by molar-refractivity contribution is -0.135. The van der Waals surface area contributed by atoms with Crippen molar-refractivity contribution in [2.75, 3.05) is 6.54 Å². The molecule has 1 amide bonds. The molecular weight excluding hydrogens is 298 g/mol. The Morgan fingerprint density at radius 2 is 1.88 bits per heavy atom. The maximum absolute atomic E-state index is 13.0. The van der Waals surface area contributed by atoms with Crippen LogP contribution < -0.4 is 5.32 Å². The lowest BCUT2D eigenvalue weighted by atomic mass is 9.77. The molecule has 3 heteroatoms. The van der Waals surface area contributed by atoms with Crippen LogP contribution in [-0.2, 0) is 16.0 Å². The van der Waals surface area contributed by atoms with Gasteiger partial charge in [0.05, 0.1) is 0 Å². The van der Waals surface area contributed by atoms with Crippen molar-refractivity contribution >= 4 is 11.7 Å². The fraction of sp³-hybridized carbons (Fsp3) is 0.619. The number of amides is 1. The van der Waals surface area contributed by atoms with Gasteiger partial charge in [-0.3, -0.25) is 9.59 Å². The van der Waals surface area contributed by atoms with E-state index in [0.29, 0.717) is 12.5 Å². The van der Waals surface area contributed by atoms with Crippen LogP contribution in [0.2, 0.25) is 0 Å². The van der Waals surface area contributed by atoms with Crippen molar-refractivity contribution in [3.8, 4) is 0 Å². The van der Waals surface area contributed by atoms with Crippen LogP contribution in [0.15, 0.2) is 30.3 Å². The van der Waals surface area contributed by atoms with Gasteiger partial charge in [0.1, 0.15) is 11.7 Å². The van der Waals surface area contributed by atoms with Gasteiger partial charge in [0, 0.05) is 12.5 Å². The highest BCUT2D eigenvalue weighted by Gasteiger charge is 2.41. The Balaban J connectivity index is 1.63. The van der Waals surface area contributed by atoms with Crippen molar-refractivity contribution < 1.29 is 9.59 Å². The standard InChI is InChI=1S/C21H29NO2/c1-15(12-16-8-4-2-5-9-16)20(23)19-18(14-22-21(19)24)13-17-10-6-3-7-11-17/h3,6-7,10-11,15-16,18-19H,2,4-5,8-9,12-14H2,1H3,(H,22,24)/t15-,18?,19-/m1/s1. The Bertz CT molecular complexity index is 562. The third-order valence-electron chi connectivity index (χ3n) is 5.84. The summed E-state index contributed by atoms with van der Waals surface area (Å²) in [5, 5.41) is 2.92. The Labute approximate surface area is 145 Å². The molecule has 1 aromatic rings. The minimum Gasteiger partial charge on any atom is -0.355 e. The molecule has 1 saturated carbocycles. The van der Waals surface area contributed by atoms with E-state index in [1.807, 2.05) is 25.1 Å². The quantitative estimate of drug-likeness (QED) is 0.809. The van der Waals surface area contributed by atoms with Gasteiger partial charge in [-0.1, -0.05) is 69.4 Å². The molecule has 3 atom stereocenters. The number of hydrogen-bond acceptors (Lipinski definition) is 2. The van der Waals surface area contributed by atoms with Crippen LogP contribution in [0.5, 0.6) is 0 Å². The van der Waals surface area contributed by atoms with E-state index in [9.17, 15) is 9.59 Å². The van der Waals surface area contributed by atoms with Gasteiger partial charge in [-0.05, 0) is 30.2 Å². The zero-order chi connectivity index (χ0) is 16.9. The van der Waals surface area contributed by atoms with Crippen LogP contribution in [0.4, 0.5) is 0 Å². The van der Waals surface area contributed by atoms with Gasteiger partial charge in [0.25, 0.3) is 0 Å². The summed E-state index contributed by atoms with van der Waals surface area (Å²) in [4.78, 5) is 25.3. The lowest BCUT2D eigenvalue weighted by Crippen LogP contribution is -2.33. The number of benzene rings is 1. The smallest absolute Gasteiger partial charge is 0.230 e. The molecule has 0 bridgehead atoms. The molecule has 1 heterocycles. The third-order valence-corrected chi connectivity index (χ3v) is 5.84. The van der Waals surface area contributed by atoms with Gasteiger partial charge in [0.2, 0.25) is 5.91 Å². The number of carbonyl (C=O) groups is 2.